The predicted molar refractivity (Wildman–Crippen MR) is 69.7 cm³/mol. The molecule has 0 radical (unpaired) electrons. The van der Waals surface area contributed by atoms with Gasteiger partial charge in [0, 0.05) is 12.7 Å². The average molecular weight is 304 g/mol. The average Bonchev–Trinajstić information content (AvgIpc) is 2.75. The lowest BCUT2D eigenvalue weighted by Crippen LogP contribution is -2.07. The number of aromatic nitrogens is 2. The summed E-state index contributed by atoms with van der Waals surface area (Å²) >= 11 is 0. The van der Waals surface area contributed by atoms with Gasteiger partial charge in [-0.2, -0.15) is 0 Å². The number of nitrogens with one attached hydrogen (secondary N) is 1. The molecule has 110 valence electrons. The number of sulfone groups is 1. The van der Waals surface area contributed by atoms with Crippen LogP contribution in [0, 0.1) is 0 Å². The maximum atomic E-state index is 11.9. The second-order valence-electron chi connectivity index (χ2n) is 4.32. The molecule has 0 saturated carbocycles. The molecule has 1 N–H and O–H groups in total. The molecule has 1 aromatic heterocycles. The van der Waals surface area contributed by atoms with Crippen LogP contribution < -0.4 is 0 Å². The van der Waals surface area contributed by atoms with Crippen LogP contribution in [0.5, 0.6) is 0 Å². The van der Waals surface area contributed by atoms with Crippen LogP contribution in [0.1, 0.15) is 5.82 Å². The Balaban J connectivity index is 2.17. The summed E-state index contributed by atoms with van der Waals surface area (Å²) < 4.78 is 51.8. The number of fused-ring (bicyclic) bond motifs is 1. The second kappa shape index (κ2) is 5.84. The van der Waals surface area contributed by atoms with Crippen molar-refractivity contribution in [2.45, 2.75) is 17.7 Å². The minimum Gasteiger partial charge on any atom is -0.375 e. The Bertz CT molecular complexity index is 698. The van der Waals surface area contributed by atoms with Gasteiger partial charge in [0.15, 0.2) is 9.84 Å². The third-order valence-electron chi connectivity index (χ3n) is 2.65. The lowest BCUT2D eigenvalue weighted by atomic mass is 10.3. The number of halogens is 2. The van der Waals surface area contributed by atoms with Gasteiger partial charge in [0.25, 0.3) is 6.43 Å². The standard InChI is InChI=1S/C12H14F2N2O3S/c1-20(17,18)9-4-2-3-8-12(9)16-11(15-8)5-6-19-7-10(13)14/h2-4,10H,5-7H2,1H3,(H,15,16). The van der Waals surface area contributed by atoms with Crippen LogP contribution in [0.15, 0.2) is 23.1 Å². The zero-order valence-corrected chi connectivity index (χ0v) is 11.6. The number of nitrogens with zero attached hydrogens (tertiary/aromatic N) is 1. The van der Waals surface area contributed by atoms with E-state index in [2.05, 4.69) is 9.97 Å². The summed E-state index contributed by atoms with van der Waals surface area (Å²) in [6.45, 7) is -0.521. The number of H-pyrrole nitrogens is 1. The lowest BCUT2D eigenvalue weighted by molar-refractivity contribution is 0.0183. The van der Waals surface area contributed by atoms with Gasteiger partial charge in [0.05, 0.1) is 17.0 Å². The topological polar surface area (TPSA) is 72.0 Å². The highest BCUT2D eigenvalue weighted by molar-refractivity contribution is 7.91. The number of hydrogen-bond donors (Lipinski definition) is 1. The first-order valence-corrected chi connectivity index (χ1v) is 7.80. The Morgan fingerprint density at radius 3 is 2.80 bits per heavy atom. The molecule has 0 aliphatic carbocycles. The van der Waals surface area contributed by atoms with E-state index in [-0.39, 0.29) is 11.5 Å². The van der Waals surface area contributed by atoms with Gasteiger partial charge in [-0.15, -0.1) is 0 Å². The van der Waals surface area contributed by atoms with Crippen LogP contribution in [0.3, 0.4) is 0 Å². The number of aromatic amines is 1. The minimum absolute atomic E-state index is 0.0956. The summed E-state index contributed by atoms with van der Waals surface area (Å²) in [4.78, 5) is 7.29. The minimum atomic E-state index is -3.37. The first kappa shape index (κ1) is 14.9. The maximum Gasteiger partial charge on any atom is 0.261 e. The zero-order chi connectivity index (χ0) is 14.8. The van der Waals surface area contributed by atoms with Gasteiger partial charge in [-0.05, 0) is 12.1 Å². The molecule has 1 heterocycles. The number of hydrogen-bond acceptors (Lipinski definition) is 4. The van der Waals surface area contributed by atoms with Gasteiger partial charge >= 0.3 is 0 Å². The fourth-order valence-corrected chi connectivity index (χ4v) is 2.65. The van der Waals surface area contributed by atoms with Crippen LogP contribution in [0.4, 0.5) is 8.78 Å². The normalized spacial score (nSPS) is 12.4. The Morgan fingerprint density at radius 1 is 1.40 bits per heavy atom. The third-order valence-corrected chi connectivity index (χ3v) is 3.78. The van der Waals surface area contributed by atoms with Crippen molar-refractivity contribution in [1.82, 2.24) is 9.97 Å². The second-order valence-corrected chi connectivity index (χ2v) is 6.31. The molecule has 0 unspecified atom stereocenters. The lowest BCUT2D eigenvalue weighted by Gasteiger charge is -2.00. The molecular weight excluding hydrogens is 290 g/mol. The summed E-state index contributed by atoms with van der Waals surface area (Å²) in [6.07, 6.45) is -1.07. The van der Waals surface area contributed by atoms with E-state index >= 15 is 0 Å². The van der Waals surface area contributed by atoms with Crippen LogP contribution in [0.2, 0.25) is 0 Å². The molecule has 0 fully saturated rings. The number of benzene rings is 1. The van der Waals surface area contributed by atoms with E-state index < -0.39 is 22.9 Å². The molecule has 0 atom stereocenters. The summed E-state index contributed by atoms with van der Waals surface area (Å²) in [6, 6.07) is 4.81. The first-order chi connectivity index (χ1) is 9.38. The molecule has 1 aromatic carbocycles. The van der Waals surface area contributed by atoms with Crippen LogP contribution in [-0.2, 0) is 21.0 Å². The Labute approximate surface area is 114 Å². The molecule has 0 bridgehead atoms. The van der Waals surface area contributed by atoms with Crippen molar-refractivity contribution in [3.8, 4) is 0 Å². The highest BCUT2D eigenvalue weighted by Crippen LogP contribution is 2.21. The van der Waals surface area contributed by atoms with Crippen molar-refractivity contribution < 1.29 is 21.9 Å². The molecule has 0 aliphatic heterocycles. The Morgan fingerprint density at radius 2 is 2.15 bits per heavy atom. The van der Waals surface area contributed by atoms with Crippen LogP contribution >= 0.6 is 0 Å². The van der Waals surface area contributed by atoms with E-state index in [0.29, 0.717) is 23.3 Å². The van der Waals surface area contributed by atoms with Crippen molar-refractivity contribution in [3.63, 3.8) is 0 Å². The van der Waals surface area contributed by atoms with Gasteiger partial charge in [0.1, 0.15) is 17.9 Å². The van der Waals surface area contributed by atoms with Gasteiger partial charge in [-0.25, -0.2) is 22.2 Å². The predicted octanol–water partition coefficient (Wildman–Crippen LogP) is 1.79. The fraction of sp³-hybridized carbons (Fsp3) is 0.417. The molecule has 20 heavy (non-hydrogen) atoms. The molecule has 2 rings (SSSR count). The van der Waals surface area contributed by atoms with Crippen molar-refractivity contribution in [3.05, 3.63) is 24.0 Å². The first-order valence-electron chi connectivity index (χ1n) is 5.91. The van der Waals surface area contributed by atoms with E-state index in [1.165, 1.54) is 6.07 Å². The summed E-state index contributed by atoms with van der Waals surface area (Å²) in [5.74, 6) is 0.505. The summed E-state index contributed by atoms with van der Waals surface area (Å²) in [5, 5.41) is 0. The van der Waals surface area contributed by atoms with Gasteiger partial charge in [0.2, 0.25) is 0 Å². The quantitative estimate of drug-likeness (QED) is 0.826. The number of para-hydroxylation sites is 1. The molecule has 0 aliphatic rings. The van der Waals surface area contributed by atoms with E-state index in [1.807, 2.05) is 0 Å². The van der Waals surface area contributed by atoms with Gasteiger partial charge in [-0.3, -0.25) is 0 Å². The number of alkyl halides is 2. The molecular formula is C12H14F2N2O3S. The van der Waals surface area contributed by atoms with Crippen molar-refractivity contribution >= 4 is 20.9 Å². The number of rotatable bonds is 6. The van der Waals surface area contributed by atoms with Crippen LogP contribution in [-0.4, -0.2) is 44.3 Å². The summed E-state index contributed by atoms with van der Waals surface area (Å²) in [5.41, 5.74) is 0.954. The maximum absolute atomic E-state index is 11.9. The molecule has 5 nitrogen and oxygen atoms in total. The zero-order valence-electron chi connectivity index (χ0n) is 10.8. The van der Waals surface area contributed by atoms with Gasteiger partial charge in [-0.1, -0.05) is 6.07 Å². The van der Waals surface area contributed by atoms with E-state index in [1.54, 1.807) is 12.1 Å². The fourth-order valence-electron chi connectivity index (χ4n) is 1.82. The third kappa shape index (κ3) is 3.51. The highest BCUT2D eigenvalue weighted by atomic mass is 32.2. The van der Waals surface area contributed by atoms with E-state index in [9.17, 15) is 17.2 Å². The van der Waals surface area contributed by atoms with Crippen molar-refractivity contribution in [1.29, 1.82) is 0 Å². The largest absolute Gasteiger partial charge is 0.375 e. The molecule has 0 spiro atoms. The van der Waals surface area contributed by atoms with Crippen molar-refractivity contribution in [2.24, 2.45) is 0 Å². The van der Waals surface area contributed by atoms with E-state index in [4.69, 9.17) is 4.74 Å². The highest BCUT2D eigenvalue weighted by Gasteiger charge is 2.15. The SMILES string of the molecule is CS(=O)(=O)c1cccc2[nH]c(CCOCC(F)F)nc12. The van der Waals surface area contributed by atoms with Crippen molar-refractivity contribution in [2.75, 3.05) is 19.5 Å². The Kier molecular flexibility index (Phi) is 4.34. The molecule has 0 amide bonds. The Hall–Kier alpha value is -1.54. The van der Waals surface area contributed by atoms with Gasteiger partial charge < -0.3 is 9.72 Å². The molecule has 0 saturated heterocycles. The molecule has 2 aromatic rings. The number of ether oxygens (including phenoxy) is 1. The smallest absolute Gasteiger partial charge is 0.261 e. The monoisotopic (exact) mass is 304 g/mol. The number of imidazole rings is 1. The summed E-state index contributed by atoms with van der Waals surface area (Å²) in [7, 11) is -3.37. The molecule has 8 heteroatoms. The van der Waals surface area contributed by atoms with Crippen LogP contribution in [0.25, 0.3) is 11.0 Å². The van der Waals surface area contributed by atoms with E-state index in [0.717, 1.165) is 6.26 Å².